The SMILES string of the molecule is CN1CCN(c2ncccc2CNC(=O)C2CCOCC2)CC1. The monoisotopic (exact) mass is 318 g/mol. The van der Waals surface area contributed by atoms with E-state index in [2.05, 4.69) is 33.2 Å². The number of anilines is 1. The van der Waals surface area contributed by atoms with Gasteiger partial charge >= 0.3 is 0 Å². The number of nitrogens with zero attached hydrogens (tertiary/aromatic N) is 3. The van der Waals surface area contributed by atoms with Gasteiger partial charge in [-0.25, -0.2) is 4.98 Å². The molecule has 0 unspecified atom stereocenters. The van der Waals surface area contributed by atoms with E-state index in [0.29, 0.717) is 19.8 Å². The number of aromatic nitrogens is 1. The number of likely N-dealkylation sites (N-methyl/N-ethyl adjacent to an activating group) is 1. The van der Waals surface area contributed by atoms with Crippen molar-refractivity contribution in [2.75, 3.05) is 51.3 Å². The molecule has 6 nitrogen and oxygen atoms in total. The fourth-order valence-corrected chi connectivity index (χ4v) is 3.16. The summed E-state index contributed by atoms with van der Waals surface area (Å²) in [5.74, 6) is 1.24. The first-order valence-electron chi connectivity index (χ1n) is 8.47. The van der Waals surface area contributed by atoms with E-state index in [0.717, 1.165) is 50.4 Å². The van der Waals surface area contributed by atoms with Gasteiger partial charge in [0.25, 0.3) is 0 Å². The minimum atomic E-state index is 0.0903. The van der Waals surface area contributed by atoms with Gasteiger partial charge in [-0.05, 0) is 26.0 Å². The van der Waals surface area contributed by atoms with Crippen LogP contribution in [0.1, 0.15) is 18.4 Å². The van der Waals surface area contributed by atoms with Crippen molar-refractivity contribution in [3.63, 3.8) is 0 Å². The summed E-state index contributed by atoms with van der Waals surface area (Å²) in [4.78, 5) is 21.5. The standard InChI is InChI=1S/C17H26N4O2/c1-20-7-9-21(10-8-20)16-15(3-2-6-18-16)13-19-17(22)14-4-11-23-12-5-14/h2-3,6,14H,4-5,7-13H2,1H3,(H,19,22). The van der Waals surface area contributed by atoms with Crippen LogP contribution in [0.2, 0.25) is 0 Å². The number of amides is 1. The van der Waals surface area contributed by atoms with Crippen LogP contribution in [-0.4, -0.2) is 62.2 Å². The molecule has 0 radical (unpaired) electrons. The molecule has 3 rings (SSSR count). The van der Waals surface area contributed by atoms with Gasteiger partial charge in [0.2, 0.25) is 5.91 Å². The van der Waals surface area contributed by atoms with Gasteiger partial charge in [-0.15, -0.1) is 0 Å². The first-order chi connectivity index (χ1) is 11.2. The molecule has 1 aromatic rings. The summed E-state index contributed by atoms with van der Waals surface area (Å²) in [7, 11) is 2.14. The zero-order chi connectivity index (χ0) is 16.1. The molecule has 1 amide bonds. The molecule has 23 heavy (non-hydrogen) atoms. The molecule has 3 heterocycles. The Morgan fingerprint density at radius 2 is 2.04 bits per heavy atom. The van der Waals surface area contributed by atoms with Gasteiger partial charge < -0.3 is 19.9 Å². The van der Waals surface area contributed by atoms with Crippen LogP contribution in [0.5, 0.6) is 0 Å². The Morgan fingerprint density at radius 1 is 1.30 bits per heavy atom. The molecule has 1 aromatic heterocycles. The third kappa shape index (κ3) is 4.20. The lowest BCUT2D eigenvalue weighted by molar-refractivity contribution is -0.128. The average molecular weight is 318 g/mol. The fourth-order valence-electron chi connectivity index (χ4n) is 3.16. The zero-order valence-corrected chi connectivity index (χ0v) is 13.8. The molecule has 6 heteroatoms. The van der Waals surface area contributed by atoms with Crippen molar-refractivity contribution in [3.05, 3.63) is 23.9 Å². The molecular weight excluding hydrogens is 292 g/mol. The van der Waals surface area contributed by atoms with E-state index in [1.54, 1.807) is 0 Å². The Bertz CT molecular complexity index is 523. The highest BCUT2D eigenvalue weighted by Crippen LogP contribution is 2.19. The number of carbonyl (C=O) groups excluding carboxylic acids is 1. The number of nitrogens with one attached hydrogen (secondary N) is 1. The first-order valence-corrected chi connectivity index (χ1v) is 8.47. The van der Waals surface area contributed by atoms with Crippen LogP contribution in [-0.2, 0) is 16.1 Å². The highest BCUT2D eigenvalue weighted by atomic mass is 16.5. The predicted octanol–water partition coefficient (Wildman–Crippen LogP) is 0.876. The van der Waals surface area contributed by atoms with E-state index in [1.807, 2.05) is 12.3 Å². The number of pyridine rings is 1. The van der Waals surface area contributed by atoms with Crippen molar-refractivity contribution in [1.82, 2.24) is 15.2 Å². The lowest BCUT2D eigenvalue weighted by Crippen LogP contribution is -2.45. The Morgan fingerprint density at radius 3 is 2.78 bits per heavy atom. The molecule has 2 fully saturated rings. The zero-order valence-electron chi connectivity index (χ0n) is 13.8. The third-order valence-electron chi connectivity index (χ3n) is 4.72. The lowest BCUT2D eigenvalue weighted by atomic mass is 9.99. The largest absolute Gasteiger partial charge is 0.381 e. The molecule has 0 saturated carbocycles. The maximum Gasteiger partial charge on any atom is 0.223 e. The summed E-state index contributed by atoms with van der Waals surface area (Å²) < 4.78 is 5.32. The summed E-state index contributed by atoms with van der Waals surface area (Å²) in [6.07, 6.45) is 3.48. The van der Waals surface area contributed by atoms with Crippen molar-refractivity contribution in [2.45, 2.75) is 19.4 Å². The molecule has 2 saturated heterocycles. The van der Waals surface area contributed by atoms with Crippen molar-refractivity contribution >= 4 is 11.7 Å². The van der Waals surface area contributed by atoms with E-state index in [-0.39, 0.29) is 11.8 Å². The molecule has 0 atom stereocenters. The molecule has 1 N–H and O–H groups in total. The topological polar surface area (TPSA) is 57.7 Å². The third-order valence-corrected chi connectivity index (χ3v) is 4.72. The minimum Gasteiger partial charge on any atom is -0.381 e. The molecule has 2 aliphatic heterocycles. The van der Waals surface area contributed by atoms with Crippen molar-refractivity contribution in [3.8, 4) is 0 Å². The number of carbonyl (C=O) groups is 1. The van der Waals surface area contributed by atoms with Crippen molar-refractivity contribution in [1.29, 1.82) is 0 Å². The summed E-state index contributed by atoms with van der Waals surface area (Å²) in [5, 5.41) is 3.09. The van der Waals surface area contributed by atoms with E-state index >= 15 is 0 Å². The van der Waals surface area contributed by atoms with Crippen LogP contribution >= 0.6 is 0 Å². The van der Waals surface area contributed by atoms with Crippen LogP contribution in [0.25, 0.3) is 0 Å². The van der Waals surface area contributed by atoms with E-state index < -0.39 is 0 Å². The normalized spacial score (nSPS) is 20.5. The average Bonchev–Trinajstić information content (AvgIpc) is 2.61. The quantitative estimate of drug-likeness (QED) is 0.893. The summed E-state index contributed by atoms with van der Waals surface area (Å²) in [5.41, 5.74) is 1.09. The van der Waals surface area contributed by atoms with E-state index in [4.69, 9.17) is 4.74 Å². The molecule has 2 aliphatic rings. The number of hydrogen-bond donors (Lipinski definition) is 1. The van der Waals surface area contributed by atoms with Gasteiger partial charge in [0, 0.05) is 63.6 Å². The van der Waals surface area contributed by atoms with Crippen LogP contribution in [0.3, 0.4) is 0 Å². The molecular formula is C17H26N4O2. The second-order valence-corrected chi connectivity index (χ2v) is 6.38. The van der Waals surface area contributed by atoms with Gasteiger partial charge in [0.15, 0.2) is 0 Å². The minimum absolute atomic E-state index is 0.0903. The Hall–Kier alpha value is -1.66. The van der Waals surface area contributed by atoms with Gasteiger partial charge in [0.05, 0.1) is 0 Å². The molecule has 0 bridgehead atoms. The molecule has 126 valence electrons. The highest BCUT2D eigenvalue weighted by Gasteiger charge is 2.22. The highest BCUT2D eigenvalue weighted by molar-refractivity contribution is 5.78. The van der Waals surface area contributed by atoms with E-state index in [1.165, 1.54) is 0 Å². The van der Waals surface area contributed by atoms with Crippen molar-refractivity contribution in [2.24, 2.45) is 5.92 Å². The smallest absolute Gasteiger partial charge is 0.223 e. The van der Waals surface area contributed by atoms with Crippen LogP contribution in [0, 0.1) is 5.92 Å². The number of rotatable bonds is 4. The maximum atomic E-state index is 12.3. The van der Waals surface area contributed by atoms with Gasteiger partial charge in [-0.1, -0.05) is 6.07 Å². The summed E-state index contributed by atoms with van der Waals surface area (Å²) in [6.45, 7) is 5.98. The van der Waals surface area contributed by atoms with Crippen LogP contribution < -0.4 is 10.2 Å². The van der Waals surface area contributed by atoms with Gasteiger partial charge in [0.1, 0.15) is 5.82 Å². The second kappa shape index (κ2) is 7.75. The van der Waals surface area contributed by atoms with Gasteiger partial charge in [-0.3, -0.25) is 4.79 Å². The molecule has 0 aromatic carbocycles. The van der Waals surface area contributed by atoms with Crippen molar-refractivity contribution < 1.29 is 9.53 Å². The fraction of sp³-hybridized carbons (Fsp3) is 0.647. The second-order valence-electron chi connectivity index (χ2n) is 6.38. The van der Waals surface area contributed by atoms with Crippen LogP contribution in [0.4, 0.5) is 5.82 Å². The number of piperazine rings is 1. The number of ether oxygens (including phenoxy) is 1. The lowest BCUT2D eigenvalue weighted by Gasteiger charge is -2.34. The molecule has 0 spiro atoms. The Labute approximate surface area is 137 Å². The summed E-state index contributed by atoms with van der Waals surface area (Å²) in [6, 6.07) is 4.00. The van der Waals surface area contributed by atoms with Gasteiger partial charge in [-0.2, -0.15) is 0 Å². The Balaban J connectivity index is 1.60. The summed E-state index contributed by atoms with van der Waals surface area (Å²) >= 11 is 0. The Kier molecular flexibility index (Phi) is 5.46. The van der Waals surface area contributed by atoms with E-state index in [9.17, 15) is 4.79 Å². The molecule has 0 aliphatic carbocycles. The predicted molar refractivity (Wildman–Crippen MR) is 89.3 cm³/mol. The maximum absolute atomic E-state index is 12.3. The van der Waals surface area contributed by atoms with Crippen LogP contribution in [0.15, 0.2) is 18.3 Å². The number of hydrogen-bond acceptors (Lipinski definition) is 5. The first kappa shape index (κ1) is 16.2.